The van der Waals surface area contributed by atoms with Gasteiger partial charge in [0.05, 0.1) is 6.54 Å². The summed E-state index contributed by atoms with van der Waals surface area (Å²) in [4.78, 5) is 23.0. The fourth-order valence-corrected chi connectivity index (χ4v) is 3.53. The molecule has 1 unspecified atom stereocenters. The fourth-order valence-electron chi connectivity index (χ4n) is 3.37. The van der Waals surface area contributed by atoms with Crippen LogP contribution in [0.1, 0.15) is 19.8 Å². The van der Waals surface area contributed by atoms with Gasteiger partial charge in [-0.2, -0.15) is 10.1 Å². The molecule has 1 N–H and O–H groups in total. The molecule has 1 aliphatic rings. The Morgan fingerprint density at radius 2 is 2.22 bits per heavy atom. The van der Waals surface area contributed by atoms with Gasteiger partial charge in [0.15, 0.2) is 5.58 Å². The van der Waals surface area contributed by atoms with Crippen molar-refractivity contribution in [3.8, 4) is 0 Å². The minimum atomic E-state index is -0.00160. The van der Waals surface area contributed by atoms with Crippen molar-refractivity contribution in [1.29, 1.82) is 0 Å². The zero-order valence-electron chi connectivity index (χ0n) is 15.0. The first kappa shape index (κ1) is 17.8. The Morgan fingerprint density at radius 1 is 1.41 bits per heavy atom. The lowest BCUT2D eigenvalue weighted by atomic mass is 9.96. The highest BCUT2D eigenvalue weighted by atomic mass is 35.5. The highest BCUT2D eigenvalue weighted by Gasteiger charge is 2.28. The van der Waals surface area contributed by atoms with Crippen molar-refractivity contribution in [3.05, 3.63) is 35.9 Å². The van der Waals surface area contributed by atoms with Gasteiger partial charge in [0.25, 0.3) is 6.01 Å². The van der Waals surface area contributed by atoms with Crippen LogP contribution in [0, 0.1) is 5.92 Å². The van der Waals surface area contributed by atoms with E-state index in [9.17, 15) is 4.79 Å². The van der Waals surface area contributed by atoms with Crippen LogP contribution in [0.3, 0.4) is 0 Å². The fraction of sp³-hybridized carbons (Fsp3) is 0.444. The summed E-state index contributed by atoms with van der Waals surface area (Å²) < 4.78 is 7.54. The van der Waals surface area contributed by atoms with Gasteiger partial charge < -0.3 is 14.6 Å². The minimum Gasteiger partial charge on any atom is -0.423 e. The Morgan fingerprint density at radius 3 is 2.96 bits per heavy atom. The normalized spacial score (nSPS) is 16.6. The Kier molecular flexibility index (Phi) is 4.98. The summed E-state index contributed by atoms with van der Waals surface area (Å²) in [5.41, 5.74) is 1.47. The van der Waals surface area contributed by atoms with Gasteiger partial charge in [-0.15, -0.1) is 0 Å². The summed E-state index contributed by atoms with van der Waals surface area (Å²) in [7, 11) is 0. The van der Waals surface area contributed by atoms with E-state index in [0.29, 0.717) is 23.2 Å². The lowest BCUT2D eigenvalue weighted by Crippen LogP contribution is -2.44. The zero-order valence-corrected chi connectivity index (χ0v) is 15.8. The van der Waals surface area contributed by atoms with Gasteiger partial charge >= 0.3 is 0 Å². The van der Waals surface area contributed by atoms with Gasteiger partial charge in [-0.05, 0) is 31.9 Å². The Bertz CT molecular complexity index is 917. The minimum absolute atomic E-state index is 0.000910. The molecule has 0 saturated carbocycles. The van der Waals surface area contributed by atoms with Crippen LogP contribution in [0.4, 0.5) is 6.01 Å². The molecule has 0 aliphatic carbocycles. The first-order valence-corrected chi connectivity index (χ1v) is 9.40. The van der Waals surface area contributed by atoms with Crippen molar-refractivity contribution in [3.63, 3.8) is 0 Å². The van der Waals surface area contributed by atoms with E-state index in [4.69, 9.17) is 16.0 Å². The molecule has 0 bridgehead atoms. The van der Waals surface area contributed by atoms with Crippen LogP contribution >= 0.6 is 11.6 Å². The molecule has 142 valence electrons. The second-order valence-corrected chi connectivity index (χ2v) is 7.33. The first-order valence-electron chi connectivity index (χ1n) is 9.02. The number of hydrogen-bond acceptors (Lipinski definition) is 6. The van der Waals surface area contributed by atoms with Crippen molar-refractivity contribution in [1.82, 2.24) is 25.1 Å². The first-order chi connectivity index (χ1) is 13.1. The lowest BCUT2D eigenvalue weighted by Gasteiger charge is -2.30. The molecule has 1 saturated heterocycles. The van der Waals surface area contributed by atoms with E-state index in [1.54, 1.807) is 23.1 Å². The number of amides is 1. The van der Waals surface area contributed by atoms with Crippen molar-refractivity contribution in [2.45, 2.75) is 32.4 Å². The monoisotopic (exact) mass is 388 g/mol. The number of halogens is 1. The summed E-state index contributed by atoms with van der Waals surface area (Å²) >= 11 is 6.00. The predicted molar refractivity (Wildman–Crippen MR) is 102 cm³/mol. The quantitative estimate of drug-likeness (QED) is 0.722. The second-order valence-electron chi connectivity index (χ2n) is 6.90. The van der Waals surface area contributed by atoms with Crippen LogP contribution in [-0.4, -0.2) is 44.8 Å². The van der Waals surface area contributed by atoms with Crippen molar-refractivity contribution in [2.75, 3.05) is 18.0 Å². The maximum absolute atomic E-state index is 12.5. The maximum atomic E-state index is 12.5. The van der Waals surface area contributed by atoms with Crippen LogP contribution in [0.2, 0.25) is 5.02 Å². The van der Waals surface area contributed by atoms with Gasteiger partial charge in [0, 0.05) is 36.1 Å². The molecule has 9 heteroatoms. The summed E-state index contributed by atoms with van der Waals surface area (Å²) in [5, 5.41) is 7.76. The summed E-state index contributed by atoms with van der Waals surface area (Å²) in [6, 6.07) is 6.00. The Balaban J connectivity index is 1.31. The van der Waals surface area contributed by atoms with Gasteiger partial charge in [0.1, 0.15) is 18.2 Å². The largest absolute Gasteiger partial charge is 0.423 e. The standard InChI is InChI=1S/C18H21ClN6O2/c1-12(9-25-11-20-10-21-25)22-17(26)13-4-6-24(7-5-13)18-23-15-3-2-14(19)8-16(15)27-18/h2-3,8,10-13H,4-7,9H2,1H3,(H,22,26). The Hall–Kier alpha value is -2.61. The third kappa shape index (κ3) is 4.05. The molecule has 4 rings (SSSR count). The number of oxazole rings is 1. The SMILES string of the molecule is CC(Cn1cncn1)NC(=O)C1CCN(c2nc3ccc(Cl)cc3o2)CC1. The van der Waals surface area contributed by atoms with Crippen LogP contribution in [0.15, 0.2) is 35.3 Å². The number of nitrogens with one attached hydrogen (secondary N) is 1. The van der Waals surface area contributed by atoms with Crippen molar-refractivity contribution >= 4 is 34.6 Å². The van der Waals surface area contributed by atoms with E-state index >= 15 is 0 Å². The van der Waals surface area contributed by atoms with Gasteiger partial charge in [-0.3, -0.25) is 9.48 Å². The number of nitrogens with zero attached hydrogens (tertiary/aromatic N) is 5. The lowest BCUT2D eigenvalue weighted by molar-refractivity contribution is -0.126. The molecule has 0 radical (unpaired) electrons. The van der Waals surface area contributed by atoms with Crippen LogP contribution < -0.4 is 10.2 Å². The molecule has 2 aromatic heterocycles. The third-order valence-electron chi connectivity index (χ3n) is 4.79. The molecule has 3 aromatic rings. The van der Waals surface area contributed by atoms with Crippen LogP contribution in [0.25, 0.3) is 11.1 Å². The van der Waals surface area contributed by atoms with E-state index in [1.807, 2.05) is 13.0 Å². The average Bonchev–Trinajstić information content (AvgIpc) is 3.30. The number of carbonyl (C=O) groups is 1. The van der Waals surface area contributed by atoms with Crippen LogP contribution in [0.5, 0.6) is 0 Å². The van der Waals surface area contributed by atoms with Gasteiger partial charge in [-0.25, -0.2) is 4.98 Å². The molecule has 27 heavy (non-hydrogen) atoms. The van der Waals surface area contributed by atoms with E-state index in [2.05, 4.69) is 25.3 Å². The molecule has 1 aliphatic heterocycles. The number of piperidine rings is 1. The average molecular weight is 389 g/mol. The molecule has 0 spiro atoms. The third-order valence-corrected chi connectivity index (χ3v) is 5.03. The smallest absolute Gasteiger partial charge is 0.298 e. The van der Waals surface area contributed by atoms with Gasteiger partial charge in [-0.1, -0.05) is 11.6 Å². The number of anilines is 1. The van der Waals surface area contributed by atoms with E-state index in [0.717, 1.165) is 31.4 Å². The zero-order chi connectivity index (χ0) is 18.8. The second kappa shape index (κ2) is 7.56. The number of aromatic nitrogens is 4. The van der Waals surface area contributed by atoms with E-state index in [1.165, 1.54) is 6.33 Å². The molecule has 1 atom stereocenters. The molecule has 3 heterocycles. The summed E-state index contributed by atoms with van der Waals surface area (Å²) in [6.45, 7) is 4.04. The number of hydrogen-bond donors (Lipinski definition) is 1. The molecule has 1 aromatic carbocycles. The van der Waals surface area contributed by atoms with E-state index < -0.39 is 0 Å². The molecule has 1 fully saturated rings. The maximum Gasteiger partial charge on any atom is 0.298 e. The highest BCUT2D eigenvalue weighted by molar-refractivity contribution is 6.31. The van der Waals surface area contributed by atoms with Crippen LogP contribution in [-0.2, 0) is 11.3 Å². The molecular weight excluding hydrogens is 368 g/mol. The molecule has 1 amide bonds. The number of carbonyl (C=O) groups excluding carboxylic acids is 1. The topological polar surface area (TPSA) is 89.1 Å². The van der Waals surface area contributed by atoms with Gasteiger partial charge in [0.2, 0.25) is 5.91 Å². The predicted octanol–water partition coefficient (Wildman–Crippen LogP) is 2.49. The number of fused-ring (bicyclic) bond motifs is 1. The molecule has 8 nitrogen and oxygen atoms in total. The highest BCUT2D eigenvalue weighted by Crippen LogP contribution is 2.28. The Labute approximate surface area is 161 Å². The summed E-state index contributed by atoms with van der Waals surface area (Å²) in [6.07, 6.45) is 4.67. The van der Waals surface area contributed by atoms with E-state index in [-0.39, 0.29) is 17.9 Å². The number of benzene rings is 1. The summed E-state index contributed by atoms with van der Waals surface area (Å²) in [5.74, 6) is 0.0879. The molecular formula is C18H21ClN6O2. The van der Waals surface area contributed by atoms with Crippen molar-refractivity contribution in [2.24, 2.45) is 5.92 Å². The van der Waals surface area contributed by atoms with Crippen molar-refractivity contribution < 1.29 is 9.21 Å². The number of rotatable bonds is 5.